The largest absolute Gasteiger partial charge is 0.464 e. The molecule has 0 fully saturated rings. The molecule has 1 atom stereocenters. The lowest BCUT2D eigenvalue weighted by atomic mass is 10.0. The molecule has 94 valence electrons. The Hall–Kier alpha value is -1.35. The first-order valence-corrected chi connectivity index (χ1v) is 5.96. The predicted octanol–water partition coefficient (Wildman–Crippen LogP) is 2.55. The molecular weight excluding hydrogens is 214 g/mol. The molecule has 0 amide bonds. The molecule has 3 nitrogen and oxygen atoms in total. The Morgan fingerprint density at radius 1 is 1.35 bits per heavy atom. The summed E-state index contributed by atoms with van der Waals surface area (Å²) in [7, 11) is 3.79. The van der Waals surface area contributed by atoms with Crippen LogP contribution in [0.15, 0.2) is 24.3 Å². The van der Waals surface area contributed by atoms with Crippen molar-refractivity contribution in [3.8, 4) is 0 Å². The van der Waals surface area contributed by atoms with E-state index in [1.807, 2.05) is 57.1 Å². The third kappa shape index (κ3) is 3.56. The Morgan fingerprint density at radius 3 is 2.53 bits per heavy atom. The van der Waals surface area contributed by atoms with Gasteiger partial charge in [-0.3, -0.25) is 4.90 Å². The van der Waals surface area contributed by atoms with Crippen molar-refractivity contribution < 1.29 is 9.53 Å². The highest BCUT2D eigenvalue weighted by atomic mass is 16.5. The Balaban J connectivity index is 2.94. The summed E-state index contributed by atoms with van der Waals surface area (Å²) < 4.78 is 5.24. The quantitative estimate of drug-likeness (QED) is 0.735. The number of likely N-dealkylation sites (N-methyl/N-ethyl adjacent to an activating group) is 1. The second-order valence-corrected chi connectivity index (χ2v) is 4.39. The minimum absolute atomic E-state index is 0.175. The van der Waals surface area contributed by atoms with Gasteiger partial charge >= 0.3 is 5.97 Å². The van der Waals surface area contributed by atoms with E-state index < -0.39 is 0 Å². The molecule has 1 aromatic rings. The van der Waals surface area contributed by atoms with Crippen LogP contribution in [0.2, 0.25) is 0 Å². The molecule has 0 N–H and O–H groups in total. The van der Waals surface area contributed by atoms with Crippen LogP contribution in [-0.2, 0) is 9.53 Å². The second-order valence-electron chi connectivity index (χ2n) is 4.39. The van der Waals surface area contributed by atoms with E-state index in [-0.39, 0.29) is 12.0 Å². The molecule has 0 radical (unpaired) electrons. The van der Waals surface area contributed by atoms with Crippen LogP contribution in [0.25, 0.3) is 0 Å². The smallest absolute Gasteiger partial charge is 0.327 e. The van der Waals surface area contributed by atoms with Gasteiger partial charge < -0.3 is 4.74 Å². The minimum Gasteiger partial charge on any atom is -0.464 e. The zero-order valence-electron chi connectivity index (χ0n) is 11.1. The summed E-state index contributed by atoms with van der Waals surface area (Å²) in [5.74, 6) is -0.175. The number of rotatable bonds is 5. The lowest BCUT2D eigenvalue weighted by molar-refractivity contribution is -0.149. The first-order valence-electron chi connectivity index (χ1n) is 5.96. The van der Waals surface area contributed by atoms with Gasteiger partial charge in [0.05, 0.1) is 6.61 Å². The first-order chi connectivity index (χ1) is 8.07. The monoisotopic (exact) mass is 235 g/mol. The third-order valence-corrected chi connectivity index (χ3v) is 2.67. The van der Waals surface area contributed by atoms with Crippen molar-refractivity contribution in [2.24, 2.45) is 0 Å². The van der Waals surface area contributed by atoms with Gasteiger partial charge in [-0.2, -0.15) is 0 Å². The Morgan fingerprint density at radius 2 is 2.00 bits per heavy atom. The normalized spacial score (nSPS) is 12.5. The standard InChI is InChI=1S/C14H21NO2/c1-5-10-17-14(16)13(15(3)4)12-9-7-6-8-11(12)2/h6-9,13H,5,10H2,1-4H3. The summed E-state index contributed by atoms with van der Waals surface area (Å²) in [4.78, 5) is 13.9. The zero-order valence-corrected chi connectivity index (χ0v) is 11.1. The summed E-state index contributed by atoms with van der Waals surface area (Å²) in [6.07, 6.45) is 0.847. The van der Waals surface area contributed by atoms with E-state index in [2.05, 4.69) is 0 Å². The predicted molar refractivity (Wildman–Crippen MR) is 68.9 cm³/mol. The van der Waals surface area contributed by atoms with Crippen molar-refractivity contribution in [3.05, 3.63) is 35.4 Å². The van der Waals surface area contributed by atoms with Gasteiger partial charge in [-0.1, -0.05) is 31.2 Å². The van der Waals surface area contributed by atoms with E-state index in [1.165, 1.54) is 0 Å². The molecule has 0 aliphatic rings. The Kier molecular flexibility index (Phi) is 5.16. The maximum Gasteiger partial charge on any atom is 0.327 e. The maximum absolute atomic E-state index is 12.0. The van der Waals surface area contributed by atoms with Crippen LogP contribution in [0.3, 0.4) is 0 Å². The Labute approximate surface area is 103 Å². The summed E-state index contributed by atoms with van der Waals surface area (Å²) in [5.41, 5.74) is 2.12. The van der Waals surface area contributed by atoms with Crippen LogP contribution in [0.4, 0.5) is 0 Å². The van der Waals surface area contributed by atoms with Gasteiger partial charge in [0.2, 0.25) is 0 Å². The van der Waals surface area contributed by atoms with Crippen LogP contribution in [0, 0.1) is 6.92 Å². The Bertz CT molecular complexity index is 374. The topological polar surface area (TPSA) is 29.5 Å². The van der Waals surface area contributed by atoms with E-state index in [4.69, 9.17) is 4.74 Å². The molecule has 0 aliphatic heterocycles. The van der Waals surface area contributed by atoms with Gasteiger partial charge in [0.25, 0.3) is 0 Å². The number of hydrogen-bond acceptors (Lipinski definition) is 3. The van der Waals surface area contributed by atoms with Crippen molar-refractivity contribution in [1.29, 1.82) is 0 Å². The number of aryl methyl sites for hydroxylation is 1. The fraction of sp³-hybridized carbons (Fsp3) is 0.500. The number of benzene rings is 1. The van der Waals surface area contributed by atoms with E-state index >= 15 is 0 Å². The van der Waals surface area contributed by atoms with Crippen LogP contribution in [0.5, 0.6) is 0 Å². The van der Waals surface area contributed by atoms with Crippen LogP contribution in [-0.4, -0.2) is 31.6 Å². The van der Waals surface area contributed by atoms with Gasteiger partial charge in [0, 0.05) is 0 Å². The zero-order chi connectivity index (χ0) is 12.8. The maximum atomic E-state index is 12.0. The number of ether oxygens (including phenoxy) is 1. The number of esters is 1. The first kappa shape index (κ1) is 13.7. The van der Waals surface area contributed by atoms with Gasteiger partial charge in [-0.25, -0.2) is 4.79 Å². The fourth-order valence-corrected chi connectivity index (χ4v) is 1.79. The van der Waals surface area contributed by atoms with Crippen molar-refractivity contribution in [2.75, 3.05) is 20.7 Å². The number of nitrogens with zero attached hydrogens (tertiary/aromatic N) is 1. The lowest BCUT2D eigenvalue weighted by Crippen LogP contribution is -2.30. The lowest BCUT2D eigenvalue weighted by Gasteiger charge is -2.24. The molecule has 0 saturated carbocycles. The van der Waals surface area contributed by atoms with E-state index in [0.717, 1.165) is 17.5 Å². The highest BCUT2D eigenvalue weighted by Crippen LogP contribution is 2.23. The average molecular weight is 235 g/mol. The molecule has 0 aliphatic carbocycles. The van der Waals surface area contributed by atoms with Crippen LogP contribution >= 0.6 is 0 Å². The summed E-state index contributed by atoms with van der Waals surface area (Å²) in [5, 5.41) is 0. The van der Waals surface area contributed by atoms with Crippen molar-refractivity contribution in [3.63, 3.8) is 0 Å². The van der Waals surface area contributed by atoms with Crippen molar-refractivity contribution in [2.45, 2.75) is 26.3 Å². The number of carbonyl (C=O) groups excluding carboxylic acids is 1. The minimum atomic E-state index is -0.317. The highest BCUT2D eigenvalue weighted by molar-refractivity contribution is 5.78. The van der Waals surface area contributed by atoms with Gasteiger partial charge in [0.1, 0.15) is 6.04 Å². The fourth-order valence-electron chi connectivity index (χ4n) is 1.79. The van der Waals surface area contributed by atoms with Gasteiger partial charge in [0.15, 0.2) is 0 Å². The van der Waals surface area contributed by atoms with Crippen molar-refractivity contribution in [1.82, 2.24) is 4.90 Å². The third-order valence-electron chi connectivity index (χ3n) is 2.67. The molecule has 0 heterocycles. The molecule has 0 aromatic heterocycles. The SMILES string of the molecule is CCCOC(=O)C(c1ccccc1C)N(C)C. The molecule has 3 heteroatoms. The molecule has 17 heavy (non-hydrogen) atoms. The summed E-state index contributed by atoms with van der Waals surface area (Å²) >= 11 is 0. The molecule has 1 rings (SSSR count). The van der Waals surface area contributed by atoms with Gasteiger partial charge in [-0.05, 0) is 38.6 Å². The van der Waals surface area contributed by atoms with Crippen molar-refractivity contribution >= 4 is 5.97 Å². The molecule has 1 unspecified atom stereocenters. The highest BCUT2D eigenvalue weighted by Gasteiger charge is 2.25. The van der Waals surface area contributed by atoms with E-state index in [0.29, 0.717) is 6.61 Å². The molecule has 0 spiro atoms. The van der Waals surface area contributed by atoms with E-state index in [9.17, 15) is 4.79 Å². The molecule has 1 aromatic carbocycles. The molecule has 0 saturated heterocycles. The molecule has 0 bridgehead atoms. The number of carbonyl (C=O) groups is 1. The molecular formula is C14H21NO2. The van der Waals surface area contributed by atoms with Crippen LogP contribution in [0.1, 0.15) is 30.5 Å². The summed E-state index contributed by atoms with van der Waals surface area (Å²) in [6.45, 7) is 4.49. The number of hydrogen-bond donors (Lipinski definition) is 0. The summed E-state index contributed by atoms with van der Waals surface area (Å²) in [6, 6.07) is 7.60. The second kappa shape index (κ2) is 6.40. The van der Waals surface area contributed by atoms with Gasteiger partial charge in [-0.15, -0.1) is 0 Å². The average Bonchev–Trinajstić information content (AvgIpc) is 2.29. The van der Waals surface area contributed by atoms with E-state index in [1.54, 1.807) is 0 Å². The van der Waals surface area contributed by atoms with Crippen LogP contribution < -0.4 is 0 Å².